The van der Waals surface area contributed by atoms with E-state index in [0.29, 0.717) is 62.2 Å². The van der Waals surface area contributed by atoms with E-state index in [0.717, 1.165) is 17.8 Å². The van der Waals surface area contributed by atoms with Gasteiger partial charge in [0.25, 0.3) is 5.24 Å². The number of rotatable bonds is 9. The number of halogens is 6. The number of Topliss-reactive ketones (excluding diaryl/α,β-unsaturated/α-hetero) is 1. The number of carbonyl (C=O) groups is 2. The number of allylic oxidation sites excluding steroid dienone is 1. The molecule has 37 heavy (non-hydrogen) atoms. The third-order valence-corrected chi connectivity index (χ3v) is 6.87. The van der Waals surface area contributed by atoms with Crippen LogP contribution in [0.3, 0.4) is 0 Å². The molecule has 0 radical (unpaired) electrons. The van der Waals surface area contributed by atoms with Gasteiger partial charge in [-0.2, -0.15) is 26.3 Å². The number of thioether (sulfide) groups is 1. The van der Waals surface area contributed by atoms with Gasteiger partial charge in [0.1, 0.15) is 5.84 Å². The van der Waals surface area contributed by atoms with Crippen molar-refractivity contribution in [3.05, 3.63) is 45.9 Å². The van der Waals surface area contributed by atoms with Crippen LogP contribution < -0.4 is 5.32 Å². The zero-order valence-corrected chi connectivity index (χ0v) is 20.9. The maximum absolute atomic E-state index is 13.5. The molecule has 2 saturated heterocycles. The number of hydrogen-bond donors (Lipinski definition) is 1. The molecule has 204 valence electrons. The van der Waals surface area contributed by atoms with Gasteiger partial charge in [0.2, 0.25) is 0 Å². The van der Waals surface area contributed by atoms with Crippen molar-refractivity contribution in [3.63, 3.8) is 0 Å². The first-order valence-electron chi connectivity index (χ1n) is 11.6. The second kappa shape index (κ2) is 12.4. The molecule has 1 amide bonds. The number of alkyl halides is 6. The molecule has 0 atom stereocenters. The van der Waals surface area contributed by atoms with Gasteiger partial charge in [0, 0.05) is 26.7 Å². The van der Waals surface area contributed by atoms with E-state index in [2.05, 4.69) is 10.3 Å². The monoisotopic (exact) mass is 551 g/mol. The first-order chi connectivity index (χ1) is 17.4. The topological polar surface area (TPSA) is 71.0 Å². The molecule has 2 fully saturated rings. The molecule has 1 aromatic carbocycles. The SMILES string of the molecule is COCCCC(=O)CN=C1NC(=O)S/C1=C\C1CCN(Cc2ccc(C(F)(F)F)cc2C(F)(F)F)CC1. The number of amidine groups is 1. The van der Waals surface area contributed by atoms with Gasteiger partial charge in [-0.1, -0.05) is 12.1 Å². The van der Waals surface area contributed by atoms with Crippen molar-refractivity contribution in [1.29, 1.82) is 0 Å². The molecule has 0 aliphatic carbocycles. The predicted octanol–water partition coefficient (Wildman–Crippen LogP) is 5.67. The van der Waals surface area contributed by atoms with Gasteiger partial charge < -0.3 is 10.1 Å². The Morgan fingerprint density at radius 1 is 1.19 bits per heavy atom. The number of methoxy groups -OCH3 is 1. The summed E-state index contributed by atoms with van der Waals surface area (Å²) in [6.45, 7) is 1.15. The molecule has 2 heterocycles. The number of carbonyl (C=O) groups excluding carboxylic acids is 2. The molecule has 1 N–H and O–H groups in total. The van der Waals surface area contributed by atoms with E-state index in [4.69, 9.17) is 4.74 Å². The number of aliphatic imine (C=N–C) groups is 1. The van der Waals surface area contributed by atoms with Gasteiger partial charge in [-0.05, 0) is 67.7 Å². The zero-order chi connectivity index (χ0) is 27.2. The Hall–Kier alpha value is -2.38. The van der Waals surface area contributed by atoms with Gasteiger partial charge in [-0.15, -0.1) is 0 Å². The molecule has 6 nitrogen and oxygen atoms in total. The van der Waals surface area contributed by atoms with Gasteiger partial charge in [0.15, 0.2) is 5.78 Å². The highest BCUT2D eigenvalue weighted by molar-refractivity contribution is 8.18. The fourth-order valence-corrected chi connectivity index (χ4v) is 4.93. The highest BCUT2D eigenvalue weighted by atomic mass is 32.2. The summed E-state index contributed by atoms with van der Waals surface area (Å²) in [5.41, 5.74) is -2.82. The normalized spacial score (nSPS) is 20.1. The van der Waals surface area contributed by atoms with Crippen molar-refractivity contribution in [1.82, 2.24) is 10.2 Å². The minimum atomic E-state index is -4.90. The van der Waals surface area contributed by atoms with Crippen LogP contribution in [-0.2, 0) is 28.4 Å². The zero-order valence-electron chi connectivity index (χ0n) is 20.0. The molecule has 3 rings (SSSR count). The van der Waals surface area contributed by atoms with E-state index < -0.39 is 23.5 Å². The van der Waals surface area contributed by atoms with E-state index in [1.54, 1.807) is 12.0 Å². The highest BCUT2D eigenvalue weighted by Gasteiger charge is 2.38. The quantitative estimate of drug-likeness (QED) is 0.316. The van der Waals surface area contributed by atoms with Crippen LogP contribution in [0.2, 0.25) is 0 Å². The van der Waals surface area contributed by atoms with E-state index in [1.165, 1.54) is 0 Å². The minimum absolute atomic E-state index is 0.0312. The lowest BCUT2D eigenvalue weighted by molar-refractivity contribution is -0.143. The van der Waals surface area contributed by atoms with Crippen molar-refractivity contribution in [3.8, 4) is 0 Å². The number of nitrogens with one attached hydrogen (secondary N) is 1. The van der Waals surface area contributed by atoms with Crippen LogP contribution in [0.15, 0.2) is 34.2 Å². The fourth-order valence-electron chi connectivity index (χ4n) is 4.11. The minimum Gasteiger partial charge on any atom is -0.385 e. The van der Waals surface area contributed by atoms with E-state index in [1.807, 2.05) is 6.08 Å². The number of nitrogens with zero attached hydrogens (tertiary/aromatic N) is 2. The van der Waals surface area contributed by atoms with Crippen LogP contribution in [0.1, 0.15) is 42.4 Å². The number of ether oxygens (including phenoxy) is 1. The van der Waals surface area contributed by atoms with Crippen molar-refractivity contribution in [2.45, 2.75) is 44.6 Å². The lowest BCUT2D eigenvalue weighted by Crippen LogP contribution is -2.33. The summed E-state index contributed by atoms with van der Waals surface area (Å²) in [4.78, 5) is 30.4. The second-order valence-electron chi connectivity index (χ2n) is 8.83. The molecule has 0 aromatic heterocycles. The fraction of sp³-hybridized carbons (Fsp3) is 0.542. The first-order valence-corrected chi connectivity index (χ1v) is 12.4. The van der Waals surface area contributed by atoms with E-state index >= 15 is 0 Å². The molecule has 0 unspecified atom stereocenters. The van der Waals surface area contributed by atoms with Crippen LogP contribution in [0, 0.1) is 5.92 Å². The number of likely N-dealkylation sites (tertiary alicyclic amines) is 1. The standard InChI is InChI=1S/C24H27F6N3O3S/c1-36-10-2-3-18(34)13-31-21-20(37-22(35)32-21)11-15-6-8-33(9-7-15)14-16-4-5-17(23(25,26)27)12-19(16)24(28,29)30/h4-5,11-12,15H,2-3,6-10,13-14H2,1H3,(H,31,32,35)/b20-11-. The van der Waals surface area contributed by atoms with Crippen LogP contribution in [0.5, 0.6) is 0 Å². The number of hydrogen-bond acceptors (Lipinski definition) is 6. The van der Waals surface area contributed by atoms with E-state index in [9.17, 15) is 35.9 Å². The Morgan fingerprint density at radius 2 is 1.89 bits per heavy atom. The summed E-state index contributed by atoms with van der Waals surface area (Å²) in [5, 5.41) is 2.32. The molecule has 0 bridgehead atoms. The molecule has 1 aromatic rings. The number of benzene rings is 1. The van der Waals surface area contributed by atoms with Crippen LogP contribution in [0.4, 0.5) is 31.1 Å². The summed E-state index contributed by atoms with van der Waals surface area (Å²) in [7, 11) is 1.55. The van der Waals surface area contributed by atoms with Gasteiger partial charge in [-0.3, -0.25) is 19.5 Å². The van der Waals surface area contributed by atoms with E-state index in [-0.39, 0.29) is 41.7 Å². The summed E-state index contributed by atoms with van der Waals surface area (Å²) in [5.74, 6) is 0.283. The molecular weight excluding hydrogens is 524 g/mol. The molecule has 13 heteroatoms. The maximum atomic E-state index is 13.5. The van der Waals surface area contributed by atoms with Crippen molar-refractivity contribution in [2.75, 3.05) is 33.4 Å². The van der Waals surface area contributed by atoms with Crippen LogP contribution >= 0.6 is 11.8 Å². The Kier molecular flexibility index (Phi) is 9.81. The number of piperidine rings is 1. The lowest BCUT2D eigenvalue weighted by Gasteiger charge is -2.31. The Bertz CT molecular complexity index is 1050. The largest absolute Gasteiger partial charge is 0.416 e. The smallest absolute Gasteiger partial charge is 0.385 e. The molecule has 0 spiro atoms. The molecule has 2 aliphatic heterocycles. The summed E-state index contributed by atoms with van der Waals surface area (Å²) < 4.78 is 84.0. The molecule has 2 aliphatic rings. The van der Waals surface area contributed by atoms with Gasteiger partial charge >= 0.3 is 12.4 Å². The Labute approximate surface area is 214 Å². The third kappa shape index (κ3) is 8.57. The summed E-state index contributed by atoms with van der Waals surface area (Å²) in [6, 6.07) is 1.73. The summed E-state index contributed by atoms with van der Waals surface area (Å²) >= 11 is 0.970. The van der Waals surface area contributed by atoms with Crippen molar-refractivity contribution < 1.29 is 40.7 Å². The number of ketones is 1. The Morgan fingerprint density at radius 3 is 2.51 bits per heavy atom. The Balaban J connectivity index is 1.61. The van der Waals surface area contributed by atoms with Gasteiger partial charge in [0.05, 0.1) is 22.6 Å². The predicted molar refractivity (Wildman–Crippen MR) is 127 cm³/mol. The molecule has 0 saturated carbocycles. The number of amides is 1. The average Bonchev–Trinajstić information content (AvgIpc) is 3.16. The maximum Gasteiger partial charge on any atom is 0.416 e. The van der Waals surface area contributed by atoms with Crippen LogP contribution in [-0.4, -0.2) is 55.1 Å². The molecular formula is C24H27F6N3O3S. The lowest BCUT2D eigenvalue weighted by atomic mass is 9.95. The van der Waals surface area contributed by atoms with Gasteiger partial charge in [-0.25, -0.2) is 0 Å². The summed E-state index contributed by atoms with van der Waals surface area (Å²) in [6.07, 6.45) is -5.81. The van der Waals surface area contributed by atoms with Crippen LogP contribution in [0.25, 0.3) is 0 Å². The van der Waals surface area contributed by atoms with Crippen molar-refractivity contribution in [2.24, 2.45) is 10.9 Å². The second-order valence-corrected chi connectivity index (χ2v) is 9.84. The van der Waals surface area contributed by atoms with Crippen molar-refractivity contribution >= 4 is 28.6 Å². The highest BCUT2D eigenvalue weighted by Crippen LogP contribution is 2.38. The average molecular weight is 552 g/mol. The first kappa shape index (κ1) is 29.2. The third-order valence-electron chi connectivity index (χ3n) is 6.03.